The molecule has 3 rings (SSSR count). The van der Waals surface area contributed by atoms with Gasteiger partial charge in [-0.15, -0.1) is 0 Å². The van der Waals surface area contributed by atoms with Gasteiger partial charge in [0.15, 0.2) is 0 Å². The van der Waals surface area contributed by atoms with Crippen LogP contribution in [0.4, 0.5) is 0 Å². The van der Waals surface area contributed by atoms with E-state index in [9.17, 15) is 4.79 Å². The van der Waals surface area contributed by atoms with Crippen LogP contribution >= 0.6 is 11.6 Å². The number of halogens is 1. The Kier molecular flexibility index (Phi) is 6.45. The zero-order valence-electron chi connectivity index (χ0n) is 15.8. The molecule has 0 fully saturated rings. The summed E-state index contributed by atoms with van der Waals surface area (Å²) < 4.78 is 5.78. The minimum absolute atomic E-state index is 0.309. The first kappa shape index (κ1) is 19.6. The van der Waals surface area contributed by atoms with Crippen LogP contribution in [0, 0.1) is 13.8 Å². The second-order valence-corrected chi connectivity index (χ2v) is 6.91. The first-order chi connectivity index (χ1) is 13.5. The normalized spacial score (nSPS) is 10.8. The summed E-state index contributed by atoms with van der Waals surface area (Å²) >= 11 is 6.04. The molecule has 0 aliphatic rings. The summed E-state index contributed by atoms with van der Waals surface area (Å²) in [4.78, 5) is 12.1. The average Bonchev–Trinajstić information content (AvgIpc) is 2.70. The summed E-state index contributed by atoms with van der Waals surface area (Å²) in [6, 6.07) is 20.9. The van der Waals surface area contributed by atoms with E-state index in [4.69, 9.17) is 16.3 Å². The maximum absolute atomic E-state index is 12.1. The van der Waals surface area contributed by atoms with Gasteiger partial charge in [0, 0.05) is 10.6 Å². The largest absolute Gasteiger partial charge is 0.489 e. The lowest BCUT2D eigenvalue weighted by Crippen LogP contribution is -2.17. The third-order valence-corrected chi connectivity index (χ3v) is 4.63. The standard InChI is InChI=1S/C23H21ClN2O2/c1-16-3-6-19(7-4-16)15-28-21-11-8-18(9-12-21)14-25-26-23(27)20-10-5-17(2)22(24)13-20/h3-14H,15H2,1-2H3,(H,26,27)/b25-14-. The van der Waals surface area contributed by atoms with E-state index in [0.717, 1.165) is 22.4 Å². The molecule has 0 radical (unpaired) electrons. The number of hydrogen-bond acceptors (Lipinski definition) is 3. The van der Waals surface area contributed by atoms with E-state index >= 15 is 0 Å². The number of hydrogen-bond donors (Lipinski definition) is 1. The molecule has 28 heavy (non-hydrogen) atoms. The highest BCUT2D eigenvalue weighted by Crippen LogP contribution is 2.17. The molecule has 0 saturated carbocycles. The third kappa shape index (κ3) is 5.44. The lowest BCUT2D eigenvalue weighted by molar-refractivity contribution is 0.0955. The summed E-state index contributed by atoms with van der Waals surface area (Å²) in [7, 11) is 0. The van der Waals surface area contributed by atoms with Gasteiger partial charge in [0.1, 0.15) is 12.4 Å². The maximum atomic E-state index is 12.1. The van der Waals surface area contributed by atoms with Crippen molar-refractivity contribution < 1.29 is 9.53 Å². The number of aryl methyl sites for hydroxylation is 2. The smallest absolute Gasteiger partial charge is 0.271 e. The Balaban J connectivity index is 1.52. The molecule has 0 bridgehead atoms. The molecular weight excluding hydrogens is 372 g/mol. The fourth-order valence-corrected chi connectivity index (χ4v) is 2.65. The number of ether oxygens (including phenoxy) is 1. The lowest BCUT2D eigenvalue weighted by atomic mass is 10.1. The van der Waals surface area contributed by atoms with Crippen molar-refractivity contribution in [2.45, 2.75) is 20.5 Å². The van der Waals surface area contributed by atoms with Crippen molar-refractivity contribution in [3.8, 4) is 5.75 Å². The van der Waals surface area contributed by atoms with Crippen LogP contribution < -0.4 is 10.2 Å². The first-order valence-corrected chi connectivity index (χ1v) is 9.27. The van der Waals surface area contributed by atoms with Crippen molar-refractivity contribution in [3.63, 3.8) is 0 Å². The van der Waals surface area contributed by atoms with Gasteiger partial charge in [-0.2, -0.15) is 5.10 Å². The molecule has 142 valence electrons. The van der Waals surface area contributed by atoms with Crippen LogP contribution in [0.5, 0.6) is 5.75 Å². The third-order valence-electron chi connectivity index (χ3n) is 4.22. The second-order valence-electron chi connectivity index (χ2n) is 6.51. The van der Waals surface area contributed by atoms with Gasteiger partial charge in [0.2, 0.25) is 0 Å². The van der Waals surface area contributed by atoms with Gasteiger partial charge < -0.3 is 4.74 Å². The number of carbonyl (C=O) groups excluding carboxylic acids is 1. The molecule has 0 heterocycles. The van der Waals surface area contributed by atoms with Gasteiger partial charge >= 0.3 is 0 Å². The Hall–Kier alpha value is -3.11. The van der Waals surface area contributed by atoms with Crippen molar-refractivity contribution in [1.82, 2.24) is 5.43 Å². The van der Waals surface area contributed by atoms with Gasteiger partial charge in [-0.1, -0.05) is 47.5 Å². The van der Waals surface area contributed by atoms with E-state index in [0.29, 0.717) is 17.2 Å². The van der Waals surface area contributed by atoms with E-state index < -0.39 is 0 Å². The molecule has 0 saturated heterocycles. The molecule has 0 aliphatic carbocycles. The minimum Gasteiger partial charge on any atom is -0.489 e. The molecule has 1 amide bonds. The Morgan fingerprint density at radius 1 is 1.04 bits per heavy atom. The molecule has 0 atom stereocenters. The predicted molar refractivity (Wildman–Crippen MR) is 113 cm³/mol. The SMILES string of the molecule is Cc1ccc(COc2ccc(/C=N\NC(=O)c3ccc(C)c(Cl)c3)cc2)cc1. The van der Waals surface area contributed by atoms with E-state index in [1.54, 1.807) is 24.4 Å². The number of amides is 1. The molecule has 0 spiro atoms. The highest BCUT2D eigenvalue weighted by molar-refractivity contribution is 6.31. The lowest BCUT2D eigenvalue weighted by Gasteiger charge is -2.07. The monoisotopic (exact) mass is 392 g/mol. The van der Waals surface area contributed by atoms with Gasteiger partial charge in [-0.3, -0.25) is 4.79 Å². The topological polar surface area (TPSA) is 50.7 Å². The number of rotatable bonds is 6. The zero-order chi connectivity index (χ0) is 19.9. The maximum Gasteiger partial charge on any atom is 0.271 e. The number of nitrogens with one attached hydrogen (secondary N) is 1. The van der Waals surface area contributed by atoms with Gasteiger partial charge in [0.05, 0.1) is 6.21 Å². The van der Waals surface area contributed by atoms with Gasteiger partial charge in [-0.05, 0) is 66.9 Å². The number of benzene rings is 3. The van der Waals surface area contributed by atoms with Crippen LogP contribution in [-0.2, 0) is 6.61 Å². The quantitative estimate of drug-likeness (QED) is 0.457. The van der Waals surface area contributed by atoms with E-state index in [1.807, 2.05) is 31.2 Å². The molecule has 0 unspecified atom stereocenters. The Morgan fingerprint density at radius 3 is 2.43 bits per heavy atom. The van der Waals surface area contributed by atoms with Crippen LogP contribution in [-0.4, -0.2) is 12.1 Å². The van der Waals surface area contributed by atoms with Crippen LogP contribution in [0.2, 0.25) is 5.02 Å². The fraction of sp³-hybridized carbons (Fsp3) is 0.130. The predicted octanol–water partition coefficient (Wildman–Crippen LogP) is 5.30. The number of carbonyl (C=O) groups is 1. The molecule has 3 aromatic carbocycles. The summed E-state index contributed by atoms with van der Waals surface area (Å²) in [5.74, 6) is 0.465. The highest BCUT2D eigenvalue weighted by Gasteiger charge is 2.06. The van der Waals surface area contributed by atoms with Crippen molar-refractivity contribution in [2.24, 2.45) is 5.10 Å². The highest BCUT2D eigenvalue weighted by atomic mass is 35.5. The molecule has 4 nitrogen and oxygen atoms in total. The fourth-order valence-electron chi connectivity index (χ4n) is 2.47. The summed E-state index contributed by atoms with van der Waals surface area (Å²) in [5.41, 5.74) is 7.09. The van der Waals surface area contributed by atoms with Crippen LogP contribution in [0.15, 0.2) is 71.8 Å². The van der Waals surface area contributed by atoms with Crippen molar-refractivity contribution >= 4 is 23.7 Å². The van der Waals surface area contributed by atoms with Crippen LogP contribution in [0.1, 0.15) is 32.6 Å². The van der Waals surface area contributed by atoms with Crippen molar-refractivity contribution in [3.05, 3.63) is 99.6 Å². The van der Waals surface area contributed by atoms with Gasteiger partial charge in [-0.25, -0.2) is 5.43 Å². The Morgan fingerprint density at radius 2 is 1.75 bits per heavy atom. The number of hydrazone groups is 1. The van der Waals surface area contributed by atoms with Gasteiger partial charge in [0.25, 0.3) is 5.91 Å². The molecule has 5 heteroatoms. The number of nitrogens with zero attached hydrogens (tertiary/aromatic N) is 1. The van der Waals surface area contributed by atoms with Crippen LogP contribution in [0.3, 0.4) is 0 Å². The van der Waals surface area contributed by atoms with E-state index in [-0.39, 0.29) is 5.91 Å². The second kappa shape index (κ2) is 9.20. The summed E-state index contributed by atoms with van der Waals surface area (Å²) in [6.07, 6.45) is 1.58. The average molecular weight is 393 g/mol. The van der Waals surface area contributed by atoms with Crippen molar-refractivity contribution in [2.75, 3.05) is 0 Å². The Labute approximate surface area is 169 Å². The molecule has 0 aliphatic heterocycles. The summed E-state index contributed by atoms with van der Waals surface area (Å²) in [5, 5.41) is 4.55. The Bertz CT molecular complexity index is 980. The molecule has 3 aromatic rings. The van der Waals surface area contributed by atoms with Crippen LogP contribution in [0.25, 0.3) is 0 Å². The van der Waals surface area contributed by atoms with Crippen molar-refractivity contribution in [1.29, 1.82) is 0 Å². The summed E-state index contributed by atoms with van der Waals surface area (Å²) in [6.45, 7) is 4.46. The first-order valence-electron chi connectivity index (χ1n) is 8.89. The minimum atomic E-state index is -0.309. The molecule has 1 N–H and O–H groups in total. The molecular formula is C23H21ClN2O2. The molecule has 0 aromatic heterocycles. The zero-order valence-corrected chi connectivity index (χ0v) is 16.5. The van der Waals surface area contributed by atoms with E-state index in [1.165, 1.54) is 5.56 Å². The van der Waals surface area contributed by atoms with E-state index in [2.05, 4.69) is 41.7 Å².